The zero-order valence-corrected chi connectivity index (χ0v) is 7.09. The van der Waals surface area contributed by atoms with E-state index in [2.05, 4.69) is 13.8 Å². The zero-order chi connectivity index (χ0) is 8.06. The molecular weight excluding hydrogens is 140 g/mol. The lowest BCUT2D eigenvalue weighted by molar-refractivity contribution is -0.124. The van der Waals surface area contributed by atoms with Crippen LogP contribution in [0.1, 0.15) is 33.1 Å². The molecule has 1 saturated heterocycles. The first-order valence-corrected chi connectivity index (χ1v) is 4.36. The Morgan fingerprint density at radius 2 is 2.45 bits per heavy atom. The van der Waals surface area contributed by atoms with Crippen LogP contribution < -0.4 is 0 Å². The van der Waals surface area contributed by atoms with E-state index >= 15 is 0 Å². The Balaban J connectivity index is 2.07. The molecule has 1 aliphatic carbocycles. The lowest BCUT2D eigenvalue weighted by atomic mass is 9.94. The number of carbonyl (C=O) groups is 1. The zero-order valence-electron chi connectivity index (χ0n) is 7.09. The van der Waals surface area contributed by atoms with Crippen LogP contribution in [0, 0.1) is 5.92 Å². The van der Waals surface area contributed by atoms with Gasteiger partial charge >= 0.3 is 0 Å². The maximum Gasteiger partial charge on any atom is 0.167 e. The van der Waals surface area contributed by atoms with Crippen LogP contribution in [0.5, 0.6) is 0 Å². The SMILES string of the molecule is CC(C)CC12OC1CCC2=O. The molecule has 2 nitrogen and oxygen atoms in total. The topological polar surface area (TPSA) is 29.6 Å². The fraction of sp³-hybridized carbons (Fsp3) is 0.889. The van der Waals surface area contributed by atoms with Gasteiger partial charge in [0.1, 0.15) is 0 Å². The lowest BCUT2D eigenvalue weighted by Crippen LogP contribution is -2.23. The second-order valence-electron chi connectivity index (χ2n) is 4.06. The van der Waals surface area contributed by atoms with Crippen LogP contribution in [0.25, 0.3) is 0 Å². The molecule has 0 N–H and O–H groups in total. The van der Waals surface area contributed by atoms with Crippen molar-refractivity contribution in [3.05, 3.63) is 0 Å². The summed E-state index contributed by atoms with van der Waals surface area (Å²) >= 11 is 0. The number of ether oxygens (including phenoxy) is 1. The van der Waals surface area contributed by atoms with E-state index in [4.69, 9.17) is 4.74 Å². The largest absolute Gasteiger partial charge is 0.358 e. The van der Waals surface area contributed by atoms with E-state index in [0.29, 0.717) is 11.7 Å². The number of Topliss-reactive ketones (excluding diaryl/α,β-unsaturated/α-hetero) is 1. The second kappa shape index (κ2) is 2.07. The number of ketones is 1. The summed E-state index contributed by atoms with van der Waals surface area (Å²) in [6.45, 7) is 4.28. The summed E-state index contributed by atoms with van der Waals surface area (Å²) in [7, 11) is 0. The van der Waals surface area contributed by atoms with E-state index in [0.717, 1.165) is 19.3 Å². The van der Waals surface area contributed by atoms with Gasteiger partial charge in [0, 0.05) is 6.42 Å². The van der Waals surface area contributed by atoms with Crippen molar-refractivity contribution in [2.75, 3.05) is 0 Å². The number of fused-ring (bicyclic) bond motifs is 1. The second-order valence-corrected chi connectivity index (χ2v) is 4.06. The van der Waals surface area contributed by atoms with Gasteiger partial charge < -0.3 is 4.74 Å². The van der Waals surface area contributed by atoms with Crippen LogP contribution in [0.15, 0.2) is 0 Å². The molecule has 11 heavy (non-hydrogen) atoms. The number of carbonyl (C=O) groups excluding carboxylic acids is 1. The first kappa shape index (κ1) is 7.29. The molecule has 0 spiro atoms. The summed E-state index contributed by atoms with van der Waals surface area (Å²) in [5.41, 5.74) is -0.297. The number of hydrogen-bond acceptors (Lipinski definition) is 2. The quantitative estimate of drug-likeness (QED) is 0.564. The fourth-order valence-corrected chi connectivity index (χ4v) is 2.13. The molecule has 0 bridgehead atoms. The van der Waals surface area contributed by atoms with Gasteiger partial charge in [-0.1, -0.05) is 13.8 Å². The summed E-state index contributed by atoms with van der Waals surface area (Å²) < 4.78 is 5.41. The van der Waals surface area contributed by atoms with Crippen LogP contribution in [-0.2, 0) is 9.53 Å². The average molecular weight is 154 g/mol. The standard InChI is InChI=1S/C9H14O2/c1-6(2)5-9-7(10)3-4-8(9)11-9/h6,8H,3-5H2,1-2H3. The summed E-state index contributed by atoms with van der Waals surface area (Å²) in [6, 6.07) is 0. The predicted molar refractivity (Wildman–Crippen MR) is 41.3 cm³/mol. The Morgan fingerprint density at radius 3 is 2.82 bits per heavy atom. The lowest BCUT2D eigenvalue weighted by Gasteiger charge is -2.09. The summed E-state index contributed by atoms with van der Waals surface area (Å²) in [4.78, 5) is 11.3. The van der Waals surface area contributed by atoms with E-state index in [9.17, 15) is 4.79 Å². The van der Waals surface area contributed by atoms with Crippen LogP contribution in [-0.4, -0.2) is 17.5 Å². The van der Waals surface area contributed by atoms with Crippen molar-refractivity contribution in [2.45, 2.75) is 44.8 Å². The van der Waals surface area contributed by atoms with Crippen LogP contribution in [0.4, 0.5) is 0 Å². The Bertz CT molecular complexity index is 198. The molecular formula is C9H14O2. The van der Waals surface area contributed by atoms with Gasteiger partial charge in [-0.05, 0) is 18.8 Å². The Morgan fingerprint density at radius 1 is 1.73 bits per heavy atom. The summed E-state index contributed by atoms with van der Waals surface area (Å²) in [5.74, 6) is 0.915. The van der Waals surface area contributed by atoms with Gasteiger partial charge in [0.05, 0.1) is 6.10 Å². The molecule has 62 valence electrons. The molecule has 1 saturated carbocycles. The number of epoxide rings is 1. The molecule has 2 fully saturated rings. The normalized spacial score (nSPS) is 41.4. The molecule has 1 aliphatic heterocycles. The first-order valence-electron chi connectivity index (χ1n) is 4.36. The van der Waals surface area contributed by atoms with Gasteiger partial charge in [0.15, 0.2) is 11.4 Å². The maximum absolute atomic E-state index is 11.3. The van der Waals surface area contributed by atoms with Crippen molar-refractivity contribution in [1.29, 1.82) is 0 Å². The van der Waals surface area contributed by atoms with Crippen LogP contribution in [0.3, 0.4) is 0 Å². The summed E-state index contributed by atoms with van der Waals surface area (Å²) in [5, 5.41) is 0. The molecule has 2 atom stereocenters. The van der Waals surface area contributed by atoms with Crippen molar-refractivity contribution >= 4 is 5.78 Å². The molecule has 2 unspecified atom stereocenters. The highest BCUT2D eigenvalue weighted by atomic mass is 16.6. The predicted octanol–water partition coefficient (Wildman–Crippen LogP) is 1.53. The molecule has 2 rings (SSSR count). The van der Waals surface area contributed by atoms with Gasteiger partial charge in [0.25, 0.3) is 0 Å². The van der Waals surface area contributed by atoms with Gasteiger partial charge in [-0.15, -0.1) is 0 Å². The monoisotopic (exact) mass is 154 g/mol. The highest BCUT2D eigenvalue weighted by molar-refractivity contribution is 5.93. The van der Waals surface area contributed by atoms with Gasteiger partial charge in [-0.3, -0.25) is 4.79 Å². The van der Waals surface area contributed by atoms with Crippen LogP contribution in [0.2, 0.25) is 0 Å². The van der Waals surface area contributed by atoms with E-state index in [-0.39, 0.29) is 11.7 Å². The minimum absolute atomic E-state index is 0.289. The Kier molecular flexibility index (Phi) is 1.37. The molecule has 0 aromatic rings. The molecule has 0 aromatic carbocycles. The molecule has 2 heteroatoms. The maximum atomic E-state index is 11.3. The smallest absolute Gasteiger partial charge is 0.167 e. The van der Waals surface area contributed by atoms with Crippen molar-refractivity contribution in [3.8, 4) is 0 Å². The molecule has 0 amide bonds. The van der Waals surface area contributed by atoms with Gasteiger partial charge in [0.2, 0.25) is 0 Å². The third-order valence-electron chi connectivity index (χ3n) is 2.63. The number of hydrogen-bond donors (Lipinski definition) is 0. The van der Waals surface area contributed by atoms with E-state index < -0.39 is 0 Å². The Labute approximate surface area is 66.9 Å². The van der Waals surface area contributed by atoms with Crippen LogP contribution >= 0.6 is 0 Å². The molecule has 0 aromatic heterocycles. The van der Waals surface area contributed by atoms with Crippen molar-refractivity contribution in [3.63, 3.8) is 0 Å². The molecule has 0 radical (unpaired) electrons. The molecule has 2 aliphatic rings. The Hall–Kier alpha value is -0.370. The minimum atomic E-state index is -0.297. The van der Waals surface area contributed by atoms with Crippen molar-refractivity contribution in [2.24, 2.45) is 5.92 Å². The molecule has 1 heterocycles. The van der Waals surface area contributed by atoms with E-state index in [1.165, 1.54) is 0 Å². The third kappa shape index (κ3) is 0.924. The minimum Gasteiger partial charge on any atom is -0.358 e. The third-order valence-corrected chi connectivity index (χ3v) is 2.63. The summed E-state index contributed by atoms with van der Waals surface area (Å²) in [6.07, 6.45) is 2.93. The van der Waals surface area contributed by atoms with E-state index in [1.807, 2.05) is 0 Å². The average Bonchev–Trinajstić information content (AvgIpc) is 2.51. The van der Waals surface area contributed by atoms with Gasteiger partial charge in [-0.2, -0.15) is 0 Å². The van der Waals surface area contributed by atoms with Crippen molar-refractivity contribution < 1.29 is 9.53 Å². The van der Waals surface area contributed by atoms with E-state index in [1.54, 1.807) is 0 Å². The highest BCUT2D eigenvalue weighted by Crippen LogP contribution is 2.50. The van der Waals surface area contributed by atoms with Crippen molar-refractivity contribution in [1.82, 2.24) is 0 Å². The highest BCUT2D eigenvalue weighted by Gasteiger charge is 2.65. The number of rotatable bonds is 2. The van der Waals surface area contributed by atoms with Gasteiger partial charge in [-0.25, -0.2) is 0 Å². The fourth-order valence-electron chi connectivity index (χ4n) is 2.13. The first-order chi connectivity index (χ1) is 5.15.